The number of amides is 2. The summed E-state index contributed by atoms with van der Waals surface area (Å²) in [7, 11) is 4.56. The van der Waals surface area contributed by atoms with Gasteiger partial charge >= 0.3 is 0 Å². The van der Waals surface area contributed by atoms with Crippen molar-refractivity contribution in [2.45, 2.75) is 0 Å². The van der Waals surface area contributed by atoms with Crippen LogP contribution in [0.3, 0.4) is 0 Å². The number of methoxy groups -OCH3 is 3. The Morgan fingerprint density at radius 3 is 2.26 bits per heavy atom. The minimum atomic E-state index is -0.548. The first-order valence-corrected chi connectivity index (χ1v) is 10.6. The molecule has 1 heterocycles. The summed E-state index contributed by atoms with van der Waals surface area (Å²) in [5, 5.41) is 5.48. The van der Waals surface area contributed by atoms with Gasteiger partial charge in [-0.25, -0.2) is 0 Å². The molecule has 2 amide bonds. The van der Waals surface area contributed by atoms with Crippen molar-refractivity contribution in [3.8, 4) is 28.7 Å². The highest BCUT2D eigenvalue weighted by Crippen LogP contribution is 2.33. The maximum absolute atomic E-state index is 13.3. The first kappa shape index (κ1) is 23.5. The lowest BCUT2D eigenvalue weighted by Gasteiger charge is -2.14. The van der Waals surface area contributed by atoms with Gasteiger partial charge in [-0.05, 0) is 60.2 Å². The lowest BCUT2D eigenvalue weighted by atomic mass is 10.1. The van der Waals surface area contributed by atoms with Gasteiger partial charge in [-0.3, -0.25) is 9.59 Å². The Kier molecular flexibility index (Phi) is 7.06. The molecule has 1 aliphatic heterocycles. The van der Waals surface area contributed by atoms with Crippen LogP contribution in [-0.2, 0) is 4.79 Å². The quantitative estimate of drug-likeness (QED) is 0.476. The van der Waals surface area contributed by atoms with E-state index in [1.165, 1.54) is 14.2 Å². The van der Waals surface area contributed by atoms with Gasteiger partial charge in [0.1, 0.15) is 22.9 Å². The summed E-state index contributed by atoms with van der Waals surface area (Å²) in [5.74, 6) is 1.74. The van der Waals surface area contributed by atoms with Gasteiger partial charge < -0.3 is 34.3 Å². The zero-order valence-corrected chi connectivity index (χ0v) is 19.4. The van der Waals surface area contributed by atoms with E-state index < -0.39 is 11.8 Å². The van der Waals surface area contributed by atoms with Gasteiger partial charge in [0.2, 0.25) is 6.79 Å². The summed E-state index contributed by atoms with van der Waals surface area (Å²) < 4.78 is 26.5. The molecule has 0 bridgehead atoms. The molecule has 0 fully saturated rings. The molecule has 0 radical (unpaired) electrons. The number of hydrogen-bond donors (Lipinski definition) is 2. The molecule has 4 rings (SSSR count). The minimum Gasteiger partial charge on any atom is -0.497 e. The molecule has 0 aliphatic carbocycles. The van der Waals surface area contributed by atoms with Crippen LogP contribution in [0.1, 0.15) is 15.9 Å². The number of fused-ring (bicyclic) bond motifs is 1. The Hall–Kier alpha value is -4.66. The Balaban J connectivity index is 1.64. The maximum atomic E-state index is 13.3. The van der Waals surface area contributed by atoms with Crippen LogP contribution >= 0.6 is 0 Å². The molecule has 0 saturated heterocycles. The van der Waals surface area contributed by atoms with Crippen molar-refractivity contribution in [1.82, 2.24) is 5.32 Å². The number of rotatable bonds is 8. The van der Waals surface area contributed by atoms with E-state index in [9.17, 15) is 9.59 Å². The van der Waals surface area contributed by atoms with Crippen molar-refractivity contribution in [3.05, 3.63) is 77.5 Å². The molecule has 3 aromatic rings. The topological polar surface area (TPSA) is 104 Å². The average molecular weight is 476 g/mol. The number of carbonyl (C=O) groups excluding carboxylic acids is 2. The van der Waals surface area contributed by atoms with Crippen LogP contribution in [0, 0.1) is 0 Å². The van der Waals surface area contributed by atoms with E-state index in [0.717, 1.165) is 0 Å². The fraction of sp³-hybridized carbons (Fsp3) is 0.154. The Morgan fingerprint density at radius 1 is 0.829 bits per heavy atom. The van der Waals surface area contributed by atoms with Crippen molar-refractivity contribution >= 4 is 23.6 Å². The van der Waals surface area contributed by atoms with E-state index in [0.29, 0.717) is 45.6 Å². The zero-order chi connectivity index (χ0) is 24.8. The number of benzene rings is 3. The first-order chi connectivity index (χ1) is 17.0. The molecular formula is C26H24N2O7. The van der Waals surface area contributed by atoms with Gasteiger partial charge in [0.25, 0.3) is 11.8 Å². The molecule has 35 heavy (non-hydrogen) atoms. The molecular weight excluding hydrogens is 452 g/mol. The molecule has 0 unspecified atom stereocenters. The minimum absolute atomic E-state index is 0.0163. The predicted octanol–water partition coefficient (Wildman–Crippen LogP) is 3.85. The second-order valence-electron chi connectivity index (χ2n) is 7.37. The fourth-order valence-corrected chi connectivity index (χ4v) is 3.36. The second-order valence-corrected chi connectivity index (χ2v) is 7.37. The molecule has 9 heteroatoms. The average Bonchev–Trinajstić information content (AvgIpc) is 3.36. The van der Waals surface area contributed by atoms with E-state index in [-0.39, 0.29) is 12.5 Å². The van der Waals surface area contributed by atoms with Crippen LogP contribution in [-0.4, -0.2) is 39.9 Å². The van der Waals surface area contributed by atoms with Crippen molar-refractivity contribution < 1.29 is 33.3 Å². The summed E-state index contributed by atoms with van der Waals surface area (Å²) >= 11 is 0. The number of anilines is 1. The Morgan fingerprint density at radius 2 is 1.54 bits per heavy atom. The lowest BCUT2D eigenvalue weighted by Crippen LogP contribution is -2.30. The number of hydrogen-bond acceptors (Lipinski definition) is 7. The van der Waals surface area contributed by atoms with Gasteiger partial charge in [-0.1, -0.05) is 6.07 Å². The molecule has 9 nitrogen and oxygen atoms in total. The highest BCUT2D eigenvalue weighted by atomic mass is 16.7. The highest BCUT2D eigenvalue weighted by molar-refractivity contribution is 6.11. The standard InChI is InChI=1S/C26H24N2O7/c1-31-18-7-5-17(6-8-18)25(29)28-21(12-16-4-11-22-24(13-16)35-15-34-22)26(30)27-20-10-9-19(32-2)14-23(20)33-3/h4-14H,15H2,1-3H3,(H,27,30)(H,28,29). The number of nitrogens with one attached hydrogen (secondary N) is 2. The Labute approximate surface area is 202 Å². The summed E-state index contributed by atoms with van der Waals surface area (Å²) in [5.41, 5.74) is 1.42. The van der Waals surface area contributed by atoms with Crippen molar-refractivity contribution in [3.63, 3.8) is 0 Å². The fourth-order valence-electron chi connectivity index (χ4n) is 3.36. The number of ether oxygens (including phenoxy) is 5. The van der Waals surface area contributed by atoms with E-state index in [4.69, 9.17) is 23.7 Å². The summed E-state index contributed by atoms with van der Waals surface area (Å²) in [6, 6.07) is 16.8. The first-order valence-electron chi connectivity index (χ1n) is 10.6. The molecule has 0 spiro atoms. The van der Waals surface area contributed by atoms with Crippen LogP contribution in [0.25, 0.3) is 6.08 Å². The van der Waals surface area contributed by atoms with Gasteiger partial charge in [0.05, 0.1) is 27.0 Å². The van der Waals surface area contributed by atoms with E-state index in [1.54, 1.807) is 73.8 Å². The van der Waals surface area contributed by atoms with Crippen LogP contribution in [0.15, 0.2) is 66.4 Å². The van der Waals surface area contributed by atoms with E-state index in [2.05, 4.69) is 10.6 Å². The summed E-state index contributed by atoms with van der Waals surface area (Å²) in [6.45, 7) is 0.126. The monoisotopic (exact) mass is 476 g/mol. The largest absolute Gasteiger partial charge is 0.497 e. The van der Waals surface area contributed by atoms with Gasteiger partial charge in [-0.15, -0.1) is 0 Å². The Bertz CT molecular complexity index is 1270. The van der Waals surface area contributed by atoms with Crippen LogP contribution in [0.4, 0.5) is 5.69 Å². The third kappa shape index (κ3) is 5.47. The third-order valence-electron chi connectivity index (χ3n) is 5.21. The maximum Gasteiger partial charge on any atom is 0.272 e. The van der Waals surface area contributed by atoms with Crippen molar-refractivity contribution in [1.29, 1.82) is 0 Å². The zero-order valence-electron chi connectivity index (χ0n) is 19.4. The smallest absolute Gasteiger partial charge is 0.272 e. The molecule has 0 saturated carbocycles. The van der Waals surface area contributed by atoms with Crippen molar-refractivity contribution in [2.75, 3.05) is 33.4 Å². The van der Waals surface area contributed by atoms with Crippen molar-refractivity contribution in [2.24, 2.45) is 0 Å². The summed E-state index contributed by atoms with van der Waals surface area (Å²) in [4.78, 5) is 26.2. The van der Waals surface area contributed by atoms with Gasteiger partial charge in [0.15, 0.2) is 11.5 Å². The molecule has 180 valence electrons. The number of carbonyl (C=O) groups is 2. The second kappa shape index (κ2) is 10.5. The van der Waals surface area contributed by atoms with Crippen LogP contribution in [0.5, 0.6) is 28.7 Å². The van der Waals surface area contributed by atoms with Gasteiger partial charge in [-0.2, -0.15) is 0 Å². The SMILES string of the molecule is COc1ccc(C(=O)NC(=Cc2ccc3c(c2)OCO3)C(=O)Nc2ccc(OC)cc2OC)cc1. The highest BCUT2D eigenvalue weighted by Gasteiger charge is 2.19. The van der Waals surface area contributed by atoms with Crippen LogP contribution in [0.2, 0.25) is 0 Å². The molecule has 2 N–H and O–H groups in total. The van der Waals surface area contributed by atoms with Crippen LogP contribution < -0.4 is 34.3 Å². The molecule has 1 aliphatic rings. The lowest BCUT2D eigenvalue weighted by molar-refractivity contribution is -0.113. The van der Waals surface area contributed by atoms with E-state index in [1.807, 2.05) is 0 Å². The molecule has 3 aromatic carbocycles. The molecule has 0 aromatic heterocycles. The summed E-state index contributed by atoms with van der Waals surface area (Å²) in [6.07, 6.45) is 1.55. The van der Waals surface area contributed by atoms with E-state index >= 15 is 0 Å². The molecule has 0 atom stereocenters. The van der Waals surface area contributed by atoms with Gasteiger partial charge in [0, 0.05) is 11.6 Å². The third-order valence-corrected chi connectivity index (χ3v) is 5.21. The normalized spacial score (nSPS) is 12.0. The predicted molar refractivity (Wildman–Crippen MR) is 129 cm³/mol.